The topological polar surface area (TPSA) is 87.6 Å². The van der Waals surface area contributed by atoms with E-state index in [1.54, 1.807) is 12.3 Å². The summed E-state index contributed by atoms with van der Waals surface area (Å²) in [5.41, 5.74) is 9.37. The van der Waals surface area contributed by atoms with Crippen LogP contribution in [0.3, 0.4) is 0 Å². The van der Waals surface area contributed by atoms with Crippen LogP contribution in [-0.4, -0.2) is 15.2 Å². The second-order valence-electron chi connectivity index (χ2n) is 7.82. The molecule has 0 amide bonds. The van der Waals surface area contributed by atoms with Gasteiger partial charge in [0, 0.05) is 32.1 Å². The summed E-state index contributed by atoms with van der Waals surface area (Å²) in [6.45, 7) is 0. The monoisotopic (exact) mass is 418 g/mol. The van der Waals surface area contributed by atoms with Crippen molar-refractivity contribution in [2.24, 2.45) is 0 Å². The highest BCUT2D eigenvalue weighted by molar-refractivity contribution is 6.37. The maximum Gasteiger partial charge on any atom is 0.272 e. The van der Waals surface area contributed by atoms with Crippen LogP contribution in [0.25, 0.3) is 43.7 Å². The van der Waals surface area contributed by atoms with E-state index in [1.165, 1.54) is 6.07 Å². The third-order valence-corrected chi connectivity index (χ3v) is 6.33. The van der Waals surface area contributed by atoms with Crippen LogP contribution in [0, 0.1) is 5.82 Å². The van der Waals surface area contributed by atoms with Gasteiger partial charge >= 0.3 is 0 Å². The first-order chi connectivity index (χ1) is 14.5. The average Bonchev–Trinajstić information content (AvgIpc) is 3.46. The fourth-order valence-electron chi connectivity index (χ4n) is 4.47. The molecule has 1 aliphatic rings. The van der Waals surface area contributed by atoms with Crippen molar-refractivity contribution in [1.82, 2.24) is 15.2 Å². The molecule has 0 aliphatic heterocycles. The molecule has 1 saturated carbocycles. The smallest absolute Gasteiger partial charge is 0.272 e. The van der Waals surface area contributed by atoms with Crippen molar-refractivity contribution in [2.75, 3.05) is 5.73 Å². The van der Waals surface area contributed by atoms with Crippen molar-refractivity contribution < 1.29 is 4.39 Å². The number of halogens is 2. The van der Waals surface area contributed by atoms with E-state index in [2.05, 4.69) is 21.2 Å². The van der Waals surface area contributed by atoms with Gasteiger partial charge in [-0.3, -0.25) is 9.89 Å². The molecule has 5 nitrogen and oxygen atoms in total. The molecule has 6 rings (SSSR count). The predicted molar refractivity (Wildman–Crippen MR) is 119 cm³/mol. The summed E-state index contributed by atoms with van der Waals surface area (Å²) in [4.78, 5) is 15.8. The van der Waals surface area contributed by atoms with E-state index in [9.17, 15) is 9.18 Å². The number of nitrogens with two attached hydrogens (primary N) is 1. The minimum absolute atomic E-state index is 0.0970. The Bertz CT molecular complexity index is 1570. The van der Waals surface area contributed by atoms with Gasteiger partial charge in [-0.25, -0.2) is 4.39 Å². The molecule has 0 saturated heterocycles. The first kappa shape index (κ1) is 17.5. The number of rotatable bonds is 2. The minimum atomic E-state index is -0.408. The van der Waals surface area contributed by atoms with Crippen LogP contribution in [0.1, 0.15) is 24.3 Å². The maximum atomic E-state index is 14.3. The van der Waals surface area contributed by atoms with Gasteiger partial charge in [0.1, 0.15) is 17.0 Å². The van der Waals surface area contributed by atoms with Crippen LogP contribution < -0.4 is 11.3 Å². The fraction of sp³-hybridized carbons (Fsp3) is 0.130. The summed E-state index contributed by atoms with van der Waals surface area (Å²) in [5.74, 6) is 0.0230. The van der Waals surface area contributed by atoms with Gasteiger partial charge in [-0.05, 0) is 48.1 Å². The Morgan fingerprint density at radius 3 is 2.73 bits per heavy atom. The quantitative estimate of drug-likeness (QED) is 0.332. The van der Waals surface area contributed by atoms with Gasteiger partial charge in [0.05, 0.1) is 11.7 Å². The van der Waals surface area contributed by atoms with Gasteiger partial charge in [0.2, 0.25) is 0 Å². The number of anilines is 1. The molecule has 5 aromatic rings. The Hall–Kier alpha value is -3.38. The lowest BCUT2D eigenvalue weighted by Gasteiger charge is -2.16. The number of nitrogens with zero attached hydrogens (tertiary/aromatic N) is 1. The summed E-state index contributed by atoms with van der Waals surface area (Å²) in [6, 6.07) is 10.8. The van der Waals surface area contributed by atoms with E-state index in [1.807, 2.05) is 18.2 Å². The number of aromatic nitrogens is 3. The molecule has 148 valence electrons. The van der Waals surface area contributed by atoms with Crippen LogP contribution in [0.4, 0.5) is 10.1 Å². The zero-order chi connectivity index (χ0) is 20.6. The molecule has 0 unspecified atom stereocenters. The summed E-state index contributed by atoms with van der Waals surface area (Å²) >= 11 is 6.57. The van der Waals surface area contributed by atoms with E-state index in [4.69, 9.17) is 17.3 Å². The van der Waals surface area contributed by atoms with Crippen molar-refractivity contribution in [2.45, 2.75) is 18.8 Å². The number of nitrogens with one attached hydrogen (secondary N) is 2. The highest BCUT2D eigenvalue weighted by Crippen LogP contribution is 2.48. The van der Waals surface area contributed by atoms with Gasteiger partial charge in [-0.15, -0.1) is 0 Å². The summed E-state index contributed by atoms with van der Waals surface area (Å²) in [7, 11) is 0. The van der Waals surface area contributed by atoms with Crippen LogP contribution in [-0.2, 0) is 0 Å². The fourth-order valence-corrected chi connectivity index (χ4v) is 4.75. The van der Waals surface area contributed by atoms with Gasteiger partial charge < -0.3 is 10.7 Å². The van der Waals surface area contributed by atoms with Crippen molar-refractivity contribution in [1.29, 1.82) is 0 Å². The summed E-state index contributed by atoms with van der Waals surface area (Å²) in [6.07, 6.45) is 3.75. The van der Waals surface area contributed by atoms with Gasteiger partial charge in [-0.1, -0.05) is 29.8 Å². The number of fused-ring (bicyclic) bond motifs is 4. The molecule has 2 aromatic heterocycles. The number of benzene rings is 3. The van der Waals surface area contributed by atoms with Crippen LogP contribution >= 0.6 is 11.6 Å². The molecule has 0 radical (unpaired) electrons. The Kier molecular flexibility index (Phi) is 3.53. The number of pyridine rings is 1. The minimum Gasteiger partial charge on any atom is -0.394 e. The number of hydrogen-bond donors (Lipinski definition) is 3. The van der Waals surface area contributed by atoms with Crippen LogP contribution in [0.2, 0.25) is 5.02 Å². The number of hydrogen-bond acceptors (Lipinski definition) is 3. The molecule has 0 atom stereocenters. The number of H-pyrrole nitrogens is 2. The molecule has 0 bridgehead atoms. The van der Waals surface area contributed by atoms with E-state index < -0.39 is 5.82 Å². The number of aromatic amines is 2. The predicted octanol–water partition coefficient (Wildman–Crippen LogP) is 5.48. The highest BCUT2D eigenvalue weighted by atomic mass is 35.5. The molecule has 4 N–H and O–H groups in total. The van der Waals surface area contributed by atoms with Crippen molar-refractivity contribution in [3.63, 3.8) is 0 Å². The SMILES string of the molecule is Nc1c(-c2ccc(F)c3[nH]ncc23)c2cc(C3CC3)c3c(Cl)cccc3c2[nH]c1=O. The Labute approximate surface area is 174 Å². The second kappa shape index (κ2) is 6.06. The normalized spacial score (nSPS) is 14.2. The van der Waals surface area contributed by atoms with Crippen molar-refractivity contribution in [3.8, 4) is 11.1 Å². The molecule has 30 heavy (non-hydrogen) atoms. The van der Waals surface area contributed by atoms with Crippen molar-refractivity contribution >= 4 is 49.9 Å². The number of nitrogen functional groups attached to an aromatic ring is 1. The zero-order valence-electron chi connectivity index (χ0n) is 15.7. The van der Waals surface area contributed by atoms with E-state index >= 15 is 0 Å². The molecular weight excluding hydrogens is 403 g/mol. The molecule has 3 aromatic carbocycles. The molecule has 2 heterocycles. The highest BCUT2D eigenvalue weighted by Gasteiger charge is 2.28. The third-order valence-electron chi connectivity index (χ3n) is 6.01. The van der Waals surface area contributed by atoms with E-state index in [0.717, 1.165) is 34.6 Å². The third kappa shape index (κ3) is 2.34. The molecule has 1 fully saturated rings. The Morgan fingerprint density at radius 2 is 1.93 bits per heavy atom. The largest absolute Gasteiger partial charge is 0.394 e. The summed E-state index contributed by atoms with van der Waals surface area (Å²) in [5, 5.41) is 10.6. The summed E-state index contributed by atoms with van der Waals surface area (Å²) < 4.78 is 14.3. The van der Waals surface area contributed by atoms with Gasteiger partial charge in [0.25, 0.3) is 5.56 Å². The Morgan fingerprint density at radius 1 is 1.10 bits per heavy atom. The lowest BCUT2D eigenvalue weighted by Crippen LogP contribution is -2.14. The lowest BCUT2D eigenvalue weighted by atomic mass is 9.91. The standard InChI is InChI=1S/C23H16ClFN4O/c24-16-3-1-2-12-18(16)13(10-4-5-10)8-14-19(20(26)23(30)28-21(12)14)11-6-7-17(25)22-15(11)9-27-29-22/h1-3,6-10H,4-5,26H2,(H,27,29)(H,28,30). The molecule has 7 heteroatoms. The molecule has 0 spiro atoms. The first-order valence-corrected chi connectivity index (χ1v) is 10.1. The average molecular weight is 419 g/mol. The molecular formula is C23H16ClFN4O. The van der Waals surface area contributed by atoms with Gasteiger partial charge in [0.15, 0.2) is 0 Å². The van der Waals surface area contributed by atoms with E-state index in [0.29, 0.717) is 33.0 Å². The first-order valence-electron chi connectivity index (χ1n) is 9.73. The Balaban J connectivity index is 1.84. The maximum absolute atomic E-state index is 14.3. The molecule has 1 aliphatic carbocycles. The zero-order valence-corrected chi connectivity index (χ0v) is 16.5. The lowest BCUT2D eigenvalue weighted by molar-refractivity contribution is 0.636. The van der Waals surface area contributed by atoms with Crippen molar-refractivity contribution in [3.05, 3.63) is 69.4 Å². The van der Waals surface area contributed by atoms with Crippen LogP contribution in [0.15, 0.2) is 47.4 Å². The van der Waals surface area contributed by atoms with Gasteiger partial charge in [-0.2, -0.15) is 5.10 Å². The van der Waals surface area contributed by atoms with E-state index in [-0.39, 0.29) is 16.8 Å². The second-order valence-corrected chi connectivity index (χ2v) is 8.23. The van der Waals surface area contributed by atoms with Crippen LogP contribution in [0.5, 0.6) is 0 Å².